The van der Waals surface area contributed by atoms with Gasteiger partial charge in [-0.2, -0.15) is 0 Å². The highest BCUT2D eigenvalue weighted by Gasteiger charge is 2.18. The van der Waals surface area contributed by atoms with Crippen LogP contribution < -0.4 is 15.8 Å². The molecule has 1 rings (SSSR count). The Morgan fingerprint density at radius 3 is 2.62 bits per heavy atom. The molecule has 1 atom stereocenters. The van der Waals surface area contributed by atoms with Gasteiger partial charge in [-0.3, -0.25) is 4.79 Å². The molecule has 0 radical (unpaired) electrons. The normalized spacial score (nSPS) is 12.8. The topological polar surface area (TPSA) is 64.3 Å². The van der Waals surface area contributed by atoms with Crippen molar-refractivity contribution < 1.29 is 9.53 Å². The van der Waals surface area contributed by atoms with Gasteiger partial charge in [0.2, 0.25) is 0 Å². The number of rotatable bonds is 8. The van der Waals surface area contributed by atoms with Crippen LogP contribution in [-0.4, -0.2) is 24.1 Å². The van der Waals surface area contributed by atoms with Crippen LogP contribution in [0.2, 0.25) is 0 Å². The number of benzene rings is 1. The molecule has 1 unspecified atom stereocenters. The molecule has 0 spiro atoms. The molecule has 0 saturated heterocycles. The highest BCUT2D eigenvalue weighted by atomic mass is 16.5. The van der Waals surface area contributed by atoms with Crippen LogP contribution in [0.4, 0.5) is 0 Å². The Morgan fingerprint density at radius 1 is 1.33 bits per heavy atom. The highest BCUT2D eigenvalue weighted by Crippen LogP contribution is 2.20. The van der Waals surface area contributed by atoms with Crippen molar-refractivity contribution in [1.29, 1.82) is 0 Å². The van der Waals surface area contributed by atoms with Crippen molar-refractivity contribution >= 4 is 5.91 Å². The van der Waals surface area contributed by atoms with Gasteiger partial charge in [0, 0.05) is 11.6 Å². The SMILES string of the molecule is CCC(N)Cc1ccccc1OCC(=O)NC(C)(C)CC. The molecule has 0 aromatic heterocycles. The van der Waals surface area contributed by atoms with E-state index < -0.39 is 0 Å². The van der Waals surface area contributed by atoms with E-state index in [0.717, 1.165) is 30.6 Å². The number of amides is 1. The molecule has 4 nitrogen and oxygen atoms in total. The number of hydrogen-bond acceptors (Lipinski definition) is 3. The number of nitrogens with one attached hydrogen (secondary N) is 1. The Bertz CT molecular complexity index is 458. The minimum Gasteiger partial charge on any atom is -0.483 e. The van der Waals surface area contributed by atoms with Gasteiger partial charge in [0.25, 0.3) is 5.91 Å². The van der Waals surface area contributed by atoms with Crippen molar-refractivity contribution in [2.75, 3.05) is 6.61 Å². The van der Waals surface area contributed by atoms with E-state index in [-0.39, 0.29) is 24.1 Å². The molecule has 0 heterocycles. The van der Waals surface area contributed by atoms with Gasteiger partial charge >= 0.3 is 0 Å². The zero-order valence-electron chi connectivity index (χ0n) is 13.6. The maximum Gasteiger partial charge on any atom is 0.258 e. The van der Waals surface area contributed by atoms with E-state index in [9.17, 15) is 4.79 Å². The Morgan fingerprint density at radius 2 is 2.00 bits per heavy atom. The van der Waals surface area contributed by atoms with E-state index in [1.165, 1.54) is 0 Å². The summed E-state index contributed by atoms with van der Waals surface area (Å²) in [6.45, 7) is 8.14. The summed E-state index contributed by atoms with van der Waals surface area (Å²) in [5, 5.41) is 2.96. The molecule has 0 fully saturated rings. The minimum atomic E-state index is -0.204. The molecule has 118 valence electrons. The summed E-state index contributed by atoms with van der Waals surface area (Å²) in [6, 6.07) is 7.87. The quantitative estimate of drug-likeness (QED) is 0.774. The van der Waals surface area contributed by atoms with E-state index in [1.807, 2.05) is 45.0 Å². The van der Waals surface area contributed by atoms with Crippen molar-refractivity contribution in [1.82, 2.24) is 5.32 Å². The van der Waals surface area contributed by atoms with Crippen LogP contribution >= 0.6 is 0 Å². The lowest BCUT2D eigenvalue weighted by Gasteiger charge is -2.24. The zero-order chi connectivity index (χ0) is 15.9. The average Bonchev–Trinajstić information content (AvgIpc) is 2.45. The smallest absolute Gasteiger partial charge is 0.258 e. The fraction of sp³-hybridized carbons (Fsp3) is 0.588. The maximum absolute atomic E-state index is 11.9. The van der Waals surface area contributed by atoms with Gasteiger partial charge in [-0.1, -0.05) is 32.0 Å². The second-order valence-electron chi connectivity index (χ2n) is 6.05. The zero-order valence-corrected chi connectivity index (χ0v) is 13.6. The van der Waals surface area contributed by atoms with Gasteiger partial charge in [-0.15, -0.1) is 0 Å². The summed E-state index contributed by atoms with van der Waals surface area (Å²) in [5.41, 5.74) is 6.84. The van der Waals surface area contributed by atoms with Crippen LogP contribution in [0, 0.1) is 0 Å². The van der Waals surface area contributed by atoms with E-state index >= 15 is 0 Å². The van der Waals surface area contributed by atoms with Gasteiger partial charge in [0.15, 0.2) is 6.61 Å². The van der Waals surface area contributed by atoms with Gasteiger partial charge in [0.05, 0.1) is 0 Å². The van der Waals surface area contributed by atoms with Crippen LogP contribution in [-0.2, 0) is 11.2 Å². The molecule has 21 heavy (non-hydrogen) atoms. The number of ether oxygens (including phenoxy) is 1. The summed E-state index contributed by atoms with van der Waals surface area (Å²) in [6.07, 6.45) is 2.55. The molecule has 0 aliphatic rings. The lowest BCUT2D eigenvalue weighted by molar-refractivity contribution is -0.124. The summed E-state index contributed by atoms with van der Waals surface area (Å²) in [5.74, 6) is 0.641. The Balaban J connectivity index is 2.61. The van der Waals surface area contributed by atoms with Crippen LogP contribution in [0.3, 0.4) is 0 Å². The fourth-order valence-electron chi connectivity index (χ4n) is 1.89. The van der Waals surface area contributed by atoms with Crippen molar-refractivity contribution in [3.63, 3.8) is 0 Å². The summed E-state index contributed by atoms with van der Waals surface area (Å²) < 4.78 is 5.67. The van der Waals surface area contributed by atoms with E-state index in [1.54, 1.807) is 0 Å². The van der Waals surface area contributed by atoms with Gasteiger partial charge < -0.3 is 15.8 Å². The fourth-order valence-corrected chi connectivity index (χ4v) is 1.89. The molecule has 1 aromatic carbocycles. The first-order valence-corrected chi connectivity index (χ1v) is 7.65. The summed E-state index contributed by atoms with van der Waals surface area (Å²) >= 11 is 0. The van der Waals surface area contributed by atoms with Gasteiger partial charge in [-0.05, 0) is 44.7 Å². The number of para-hydroxylation sites is 1. The van der Waals surface area contributed by atoms with E-state index in [2.05, 4.69) is 12.2 Å². The van der Waals surface area contributed by atoms with E-state index in [4.69, 9.17) is 10.5 Å². The summed E-state index contributed by atoms with van der Waals surface area (Å²) in [7, 11) is 0. The second kappa shape index (κ2) is 8.03. The largest absolute Gasteiger partial charge is 0.483 e. The Kier molecular flexibility index (Phi) is 6.69. The highest BCUT2D eigenvalue weighted by molar-refractivity contribution is 5.78. The van der Waals surface area contributed by atoms with Crippen molar-refractivity contribution in [2.45, 2.75) is 58.5 Å². The maximum atomic E-state index is 11.9. The van der Waals surface area contributed by atoms with Crippen LogP contribution in [0.25, 0.3) is 0 Å². The first-order chi connectivity index (χ1) is 9.88. The molecule has 1 amide bonds. The van der Waals surface area contributed by atoms with E-state index in [0.29, 0.717) is 0 Å². The first kappa shape index (κ1) is 17.5. The predicted molar refractivity (Wildman–Crippen MR) is 86.4 cm³/mol. The molecule has 1 aromatic rings. The molecule has 0 aliphatic carbocycles. The van der Waals surface area contributed by atoms with Gasteiger partial charge in [-0.25, -0.2) is 0 Å². The Labute approximate surface area is 128 Å². The predicted octanol–water partition coefficient (Wildman–Crippen LogP) is 2.65. The molecule has 3 N–H and O–H groups in total. The first-order valence-electron chi connectivity index (χ1n) is 7.65. The number of carbonyl (C=O) groups is 1. The lowest BCUT2D eigenvalue weighted by atomic mass is 10.0. The number of hydrogen-bond donors (Lipinski definition) is 2. The lowest BCUT2D eigenvalue weighted by Crippen LogP contribution is -2.44. The minimum absolute atomic E-state index is 0.0296. The van der Waals surface area contributed by atoms with Gasteiger partial charge in [0.1, 0.15) is 5.75 Å². The molecule has 4 heteroatoms. The molecule has 0 aliphatic heterocycles. The molecular formula is C17H28N2O2. The van der Waals surface area contributed by atoms with Crippen LogP contribution in [0.15, 0.2) is 24.3 Å². The summed E-state index contributed by atoms with van der Waals surface area (Å²) in [4.78, 5) is 11.9. The average molecular weight is 292 g/mol. The van der Waals surface area contributed by atoms with Crippen molar-refractivity contribution in [3.8, 4) is 5.75 Å². The third-order valence-corrected chi connectivity index (χ3v) is 3.70. The van der Waals surface area contributed by atoms with Crippen LogP contribution in [0.1, 0.15) is 46.1 Å². The second-order valence-corrected chi connectivity index (χ2v) is 6.05. The Hall–Kier alpha value is -1.55. The molecule has 0 saturated carbocycles. The van der Waals surface area contributed by atoms with Crippen molar-refractivity contribution in [2.24, 2.45) is 5.73 Å². The monoisotopic (exact) mass is 292 g/mol. The standard InChI is InChI=1S/C17H28N2O2/c1-5-14(18)11-13-9-7-8-10-15(13)21-12-16(20)19-17(3,4)6-2/h7-10,14H,5-6,11-12,18H2,1-4H3,(H,19,20). The third kappa shape index (κ3) is 6.17. The number of carbonyl (C=O) groups excluding carboxylic acids is 1. The van der Waals surface area contributed by atoms with Crippen molar-refractivity contribution in [3.05, 3.63) is 29.8 Å². The van der Waals surface area contributed by atoms with Crippen LogP contribution in [0.5, 0.6) is 5.75 Å². The third-order valence-electron chi connectivity index (χ3n) is 3.70. The number of nitrogens with two attached hydrogens (primary N) is 1. The molecular weight excluding hydrogens is 264 g/mol. The molecule has 0 bridgehead atoms.